The Bertz CT molecular complexity index is 173. The number of alkyl carbamates (subject to hydrolysis) is 1. The maximum Gasteiger partial charge on any atom is 0.407 e. The third kappa shape index (κ3) is 3.11. The van der Waals surface area contributed by atoms with Crippen LogP contribution in [-0.2, 0) is 4.74 Å². The second kappa shape index (κ2) is 3.33. The summed E-state index contributed by atoms with van der Waals surface area (Å²) in [5.41, 5.74) is 0.357. The van der Waals surface area contributed by atoms with E-state index in [0.717, 1.165) is 6.54 Å². The Morgan fingerprint density at radius 3 is 2.58 bits per heavy atom. The largest absolute Gasteiger partial charge is 0.447 e. The molecule has 0 spiro atoms. The van der Waals surface area contributed by atoms with Crippen LogP contribution in [0.5, 0.6) is 0 Å². The third-order valence-corrected chi connectivity index (χ3v) is 2.11. The summed E-state index contributed by atoms with van der Waals surface area (Å²) in [5, 5.41) is 2.76. The Morgan fingerprint density at radius 2 is 2.17 bits per heavy atom. The predicted octanol–water partition coefficient (Wildman–Crippen LogP) is 1.92. The van der Waals surface area contributed by atoms with E-state index < -0.39 is 0 Å². The first-order valence-corrected chi connectivity index (χ1v) is 4.46. The van der Waals surface area contributed by atoms with Crippen molar-refractivity contribution < 1.29 is 9.53 Å². The van der Waals surface area contributed by atoms with Gasteiger partial charge in [0.2, 0.25) is 0 Å². The second-order valence-corrected chi connectivity index (χ2v) is 4.12. The van der Waals surface area contributed by atoms with E-state index in [0.29, 0.717) is 5.41 Å². The lowest BCUT2D eigenvalue weighted by molar-refractivity contribution is 0.114. The van der Waals surface area contributed by atoms with E-state index in [1.54, 1.807) is 0 Å². The zero-order valence-corrected chi connectivity index (χ0v) is 8.02. The molecule has 0 aromatic carbocycles. The molecule has 1 aliphatic rings. The van der Waals surface area contributed by atoms with E-state index in [1.807, 2.05) is 13.8 Å². The van der Waals surface area contributed by atoms with Crippen molar-refractivity contribution in [1.82, 2.24) is 5.32 Å². The molecule has 3 nitrogen and oxygen atoms in total. The first kappa shape index (κ1) is 9.36. The van der Waals surface area contributed by atoms with Crippen LogP contribution in [0.2, 0.25) is 0 Å². The van der Waals surface area contributed by atoms with Crippen LogP contribution in [0.25, 0.3) is 0 Å². The highest BCUT2D eigenvalue weighted by atomic mass is 16.6. The molecule has 0 heterocycles. The number of rotatable bonds is 3. The molecular weight excluding hydrogens is 154 g/mol. The van der Waals surface area contributed by atoms with Crippen molar-refractivity contribution in [2.45, 2.75) is 39.7 Å². The van der Waals surface area contributed by atoms with E-state index in [4.69, 9.17) is 4.74 Å². The van der Waals surface area contributed by atoms with Crippen LogP contribution in [0.15, 0.2) is 0 Å². The van der Waals surface area contributed by atoms with Crippen molar-refractivity contribution >= 4 is 6.09 Å². The average Bonchev–Trinajstić information content (AvgIpc) is 2.64. The summed E-state index contributed by atoms with van der Waals surface area (Å²) in [7, 11) is 0. The number of nitrogens with one attached hydrogen (secondary N) is 1. The van der Waals surface area contributed by atoms with Gasteiger partial charge in [0.05, 0.1) is 6.10 Å². The summed E-state index contributed by atoms with van der Waals surface area (Å²) < 4.78 is 4.92. The van der Waals surface area contributed by atoms with Crippen molar-refractivity contribution in [3.05, 3.63) is 0 Å². The molecule has 0 saturated heterocycles. The average molecular weight is 171 g/mol. The number of ether oxygens (including phenoxy) is 1. The normalized spacial score (nSPS) is 19.0. The predicted molar refractivity (Wildman–Crippen MR) is 47.0 cm³/mol. The first-order valence-electron chi connectivity index (χ1n) is 4.46. The Balaban J connectivity index is 2.10. The fourth-order valence-corrected chi connectivity index (χ4v) is 0.931. The molecule has 0 bridgehead atoms. The molecule has 0 aromatic heterocycles. The summed E-state index contributed by atoms with van der Waals surface area (Å²) in [5.74, 6) is 0. The molecule has 0 aliphatic heterocycles. The smallest absolute Gasteiger partial charge is 0.407 e. The molecular formula is C9H17NO2. The van der Waals surface area contributed by atoms with Crippen LogP contribution in [0, 0.1) is 5.41 Å². The molecule has 1 amide bonds. The van der Waals surface area contributed by atoms with Crippen LogP contribution in [0.3, 0.4) is 0 Å². The fourth-order valence-electron chi connectivity index (χ4n) is 0.931. The summed E-state index contributed by atoms with van der Waals surface area (Å²) in [6.07, 6.45) is 2.11. The van der Waals surface area contributed by atoms with E-state index >= 15 is 0 Å². The SMILES string of the molecule is CC(C)OC(=O)NCC1(C)CC1. The summed E-state index contributed by atoms with van der Waals surface area (Å²) in [6.45, 7) is 6.61. The fraction of sp³-hybridized carbons (Fsp3) is 0.889. The van der Waals surface area contributed by atoms with Crippen LogP contribution < -0.4 is 5.32 Å². The molecule has 1 saturated carbocycles. The van der Waals surface area contributed by atoms with E-state index in [-0.39, 0.29) is 12.2 Å². The Labute approximate surface area is 73.5 Å². The molecule has 0 radical (unpaired) electrons. The highest BCUT2D eigenvalue weighted by Gasteiger charge is 2.37. The zero-order chi connectivity index (χ0) is 9.19. The molecule has 1 fully saturated rings. The molecule has 1 N–H and O–H groups in total. The van der Waals surface area contributed by atoms with Crippen molar-refractivity contribution in [3.63, 3.8) is 0 Å². The van der Waals surface area contributed by atoms with Crippen LogP contribution in [-0.4, -0.2) is 18.7 Å². The van der Waals surface area contributed by atoms with Gasteiger partial charge < -0.3 is 10.1 Å². The topological polar surface area (TPSA) is 38.3 Å². The zero-order valence-electron chi connectivity index (χ0n) is 8.02. The van der Waals surface area contributed by atoms with Gasteiger partial charge in [0.25, 0.3) is 0 Å². The minimum Gasteiger partial charge on any atom is -0.447 e. The van der Waals surface area contributed by atoms with Crippen molar-refractivity contribution in [2.75, 3.05) is 6.54 Å². The van der Waals surface area contributed by atoms with Gasteiger partial charge in [-0.25, -0.2) is 4.79 Å². The van der Waals surface area contributed by atoms with Gasteiger partial charge in [-0.2, -0.15) is 0 Å². The van der Waals surface area contributed by atoms with Crippen LogP contribution in [0.1, 0.15) is 33.6 Å². The lowest BCUT2D eigenvalue weighted by atomic mass is 10.1. The molecule has 0 unspecified atom stereocenters. The Kier molecular flexibility index (Phi) is 2.60. The Morgan fingerprint density at radius 1 is 1.58 bits per heavy atom. The van der Waals surface area contributed by atoms with Gasteiger partial charge >= 0.3 is 6.09 Å². The quantitative estimate of drug-likeness (QED) is 0.704. The highest BCUT2D eigenvalue weighted by Crippen LogP contribution is 2.43. The van der Waals surface area contributed by atoms with Crippen molar-refractivity contribution in [1.29, 1.82) is 0 Å². The van der Waals surface area contributed by atoms with E-state index in [9.17, 15) is 4.79 Å². The molecule has 3 heteroatoms. The van der Waals surface area contributed by atoms with Crippen LogP contribution in [0.4, 0.5) is 4.79 Å². The standard InChI is InChI=1S/C9H17NO2/c1-7(2)12-8(11)10-6-9(3)4-5-9/h7H,4-6H2,1-3H3,(H,10,11). The van der Waals surface area contributed by atoms with Gasteiger partial charge in [0, 0.05) is 6.54 Å². The first-order chi connectivity index (χ1) is 5.52. The van der Waals surface area contributed by atoms with E-state index in [2.05, 4.69) is 12.2 Å². The number of carbonyl (C=O) groups is 1. The van der Waals surface area contributed by atoms with Gasteiger partial charge in [-0.15, -0.1) is 0 Å². The van der Waals surface area contributed by atoms with Gasteiger partial charge in [-0.1, -0.05) is 6.92 Å². The second-order valence-electron chi connectivity index (χ2n) is 4.12. The van der Waals surface area contributed by atoms with Gasteiger partial charge in [-0.05, 0) is 32.1 Å². The summed E-state index contributed by atoms with van der Waals surface area (Å²) in [4.78, 5) is 11.0. The number of amides is 1. The number of hydrogen-bond acceptors (Lipinski definition) is 2. The summed E-state index contributed by atoms with van der Waals surface area (Å²) in [6, 6.07) is 0. The summed E-state index contributed by atoms with van der Waals surface area (Å²) >= 11 is 0. The minimum absolute atomic E-state index is 0.0305. The minimum atomic E-state index is -0.293. The number of hydrogen-bond donors (Lipinski definition) is 1. The van der Waals surface area contributed by atoms with E-state index in [1.165, 1.54) is 12.8 Å². The van der Waals surface area contributed by atoms with Gasteiger partial charge in [0.15, 0.2) is 0 Å². The Hall–Kier alpha value is -0.730. The number of carbonyl (C=O) groups excluding carboxylic acids is 1. The maximum absolute atomic E-state index is 11.0. The maximum atomic E-state index is 11.0. The van der Waals surface area contributed by atoms with Gasteiger partial charge in [-0.3, -0.25) is 0 Å². The lowest BCUT2D eigenvalue weighted by Crippen LogP contribution is -2.31. The van der Waals surface area contributed by atoms with Crippen LogP contribution >= 0.6 is 0 Å². The molecule has 12 heavy (non-hydrogen) atoms. The van der Waals surface area contributed by atoms with Crippen molar-refractivity contribution in [3.8, 4) is 0 Å². The lowest BCUT2D eigenvalue weighted by Gasteiger charge is -2.12. The molecule has 0 atom stereocenters. The molecule has 1 rings (SSSR count). The molecule has 1 aliphatic carbocycles. The van der Waals surface area contributed by atoms with Crippen molar-refractivity contribution in [2.24, 2.45) is 5.41 Å². The molecule has 0 aromatic rings. The monoisotopic (exact) mass is 171 g/mol. The third-order valence-electron chi connectivity index (χ3n) is 2.11. The van der Waals surface area contributed by atoms with Gasteiger partial charge in [0.1, 0.15) is 0 Å². The molecule has 70 valence electrons. The highest BCUT2D eigenvalue weighted by molar-refractivity contribution is 5.67.